The van der Waals surface area contributed by atoms with Crippen molar-refractivity contribution in [3.8, 4) is 12.5 Å². The second-order valence-corrected chi connectivity index (χ2v) is 4.77. The molecule has 0 aliphatic rings. The van der Waals surface area contributed by atoms with E-state index in [1.807, 2.05) is 13.8 Å². The first kappa shape index (κ1) is 17.5. The van der Waals surface area contributed by atoms with Gasteiger partial charge in [0, 0.05) is 19.1 Å². The lowest BCUT2D eigenvalue weighted by atomic mass is 9.91. The molecule has 0 N–H and O–H groups in total. The van der Waals surface area contributed by atoms with Gasteiger partial charge in [0.05, 0.1) is 0 Å². The van der Waals surface area contributed by atoms with Crippen molar-refractivity contribution in [1.29, 1.82) is 10.5 Å². The lowest BCUT2D eigenvalue weighted by Gasteiger charge is -2.25. The van der Waals surface area contributed by atoms with Crippen LogP contribution in [-0.2, 0) is 14.2 Å². The van der Waals surface area contributed by atoms with E-state index in [1.165, 1.54) is 12.8 Å². The minimum Gasteiger partial charge on any atom is -0.424 e. The zero-order valence-electron chi connectivity index (χ0n) is 12.1. The molecule has 0 aromatic rings. The Labute approximate surface area is 116 Å². The predicted molar refractivity (Wildman–Crippen MR) is 70.7 cm³/mol. The third-order valence-electron chi connectivity index (χ3n) is 3.27. The molecule has 0 fully saturated rings. The van der Waals surface area contributed by atoms with Crippen LogP contribution in [0.15, 0.2) is 0 Å². The quantitative estimate of drug-likeness (QED) is 0.425. The van der Waals surface area contributed by atoms with Gasteiger partial charge in [-0.1, -0.05) is 33.6 Å². The summed E-state index contributed by atoms with van der Waals surface area (Å²) in [6, 6.07) is 0. The van der Waals surface area contributed by atoms with Crippen LogP contribution < -0.4 is 0 Å². The van der Waals surface area contributed by atoms with Crippen LogP contribution in [0.3, 0.4) is 0 Å². The van der Waals surface area contributed by atoms with Crippen molar-refractivity contribution in [2.45, 2.75) is 46.1 Å². The summed E-state index contributed by atoms with van der Waals surface area (Å²) >= 11 is 0. The smallest absolute Gasteiger partial charge is 0.286 e. The zero-order chi connectivity index (χ0) is 14.5. The molecule has 0 spiro atoms. The number of hydrogen-bond donors (Lipinski definition) is 0. The van der Waals surface area contributed by atoms with Gasteiger partial charge in [-0.2, -0.15) is 10.5 Å². The molecule has 5 nitrogen and oxygen atoms in total. The van der Waals surface area contributed by atoms with Gasteiger partial charge < -0.3 is 14.2 Å². The lowest BCUT2D eigenvalue weighted by molar-refractivity contribution is 0.00281. The van der Waals surface area contributed by atoms with Crippen LogP contribution in [0.25, 0.3) is 0 Å². The highest BCUT2D eigenvalue weighted by Crippen LogP contribution is 2.19. The summed E-state index contributed by atoms with van der Waals surface area (Å²) in [6.45, 7) is 7.68. The van der Waals surface area contributed by atoms with E-state index in [0.717, 1.165) is 13.0 Å². The monoisotopic (exact) mass is 268 g/mol. The van der Waals surface area contributed by atoms with Crippen LogP contribution in [0, 0.1) is 34.9 Å². The molecule has 0 rings (SSSR count). The molecule has 0 bridgehead atoms. The first-order valence-electron chi connectivity index (χ1n) is 6.80. The van der Waals surface area contributed by atoms with Gasteiger partial charge in [0.1, 0.15) is 6.61 Å². The molecule has 3 unspecified atom stereocenters. The van der Waals surface area contributed by atoms with E-state index >= 15 is 0 Å². The number of rotatable bonds is 11. The van der Waals surface area contributed by atoms with Gasteiger partial charge in [0.15, 0.2) is 6.10 Å². The summed E-state index contributed by atoms with van der Waals surface area (Å²) in [5, 5.41) is 17.0. The van der Waals surface area contributed by atoms with Crippen LogP contribution in [0.2, 0.25) is 0 Å². The van der Waals surface area contributed by atoms with Crippen LogP contribution in [0.1, 0.15) is 40.0 Å². The number of ether oxygens (including phenoxy) is 3. The van der Waals surface area contributed by atoms with Crippen LogP contribution in [0.5, 0.6) is 0 Å². The molecule has 5 heteroatoms. The molecule has 0 amide bonds. The summed E-state index contributed by atoms with van der Waals surface area (Å²) < 4.78 is 15.2. The standard InChI is InChI=1S/C14H24N2O3/c1-4-5-6-7-17-8-12(2)13(3)14(19-11-16)9-18-10-15/h12-14H,4-9H2,1-3H3. The average molecular weight is 268 g/mol. The second kappa shape index (κ2) is 11.6. The Hall–Kier alpha value is -1.46. The molecule has 0 radical (unpaired) electrons. The third-order valence-corrected chi connectivity index (χ3v) is 3.27. The molecule has 0 aliphatic heterocycles. The first-order chi connectivity index (χ1) is 9.17. The van der Waals surface area contributed by atoms with Gasteiger partial charge in [0.2, 0.25) is 0 Å². The average Bonchev–Trinajstić information content (AvgIpc) is 2.42. The molecule has 19 heavy (non-hydrogen) atoms. The van der Waals surface area contributed by atoms with Gasteiger partial charge in [0.25, 0.3) is 12.5 Å². The van der Waals surface area contributed by atoms with Crippen molar-refractivity contribution >= 4 is 0 Å². The van der Waals surface area contributed by atoms with E-state index < -0.39 is 6.10 Å². The molecule has 108 valence electrons. The number of hydrogen-bond acceptors (Lipinski definition) is 5. The van der Waals surface area contributed by atoms with Gasteiger partial charge in [-0.05, 0) is 12.3 Å². The minimum absolute atomic E-state index is 0.0826. The molecule has 0 aromatic carbocycles. The van der Waals surface area contributed by atoms with Crippen molar-refractivity contribution in [1.82, 2.24) is 0 Å². The van der Waals surface area contributed by atoms with Crippen LogP contribution in [0.4, 0.5) is 0 Å². The largest absolute Gasteiger partial charge is 0.424 e. The van der Waals surface area contributed by atoms with Gasteiger partial charge in [-0.15, -0.1) is 0 Å². The minimum atomic E-state index is -0.404. The molecule has 3 atom stereocenters. The molecule has 0 aromatic heterocycles. The summed E-state index contributed by atoms with van der Waals surface area (Å²) in [6.07, 6.45) is 6.30. The Morgan fingerprint density at radius 2 is 1.79 bits per heavy atom. The lowest BCUT2D eigenvalue weighted by Crippen LogP contribution is -2.31. The fourth-order valence-corrected chi connectivity index (χ4v) is 1.72. The Morgan fingerprint density at radius 3 is 2.37 bits per heavy atom. The third kappa shape index (κ3) is 8.29. The molecule has 0 saturated heterocycles. The predicted octanol–water partition coefficient (Wildman–Crippen LogP) is 2.83. The van der Waals surface area contributed by atoms with Crippen molar-refractivity contribution in [2.75, 3.05) is 19.8 Å². The van der Waals surface area contributed by atoms with Crippen molar-refractivity contribution in [3.05, 3.63) is 0 Å². The van der Waals surface area contributed by atoms with Gasteiger partial charge in [-0.3, -0.25) is 0 Å². The highest BCUT2D eigenvalue weighted by atomic mass is 16.5. The van der Waals surface area contributed by atoms with E-state index in [4.69, 9.17) is 20.0 Å². The van der Waals surface area contributed by atoms with Gasteiger partial charge >= 0.3 is 0 Å². The normalized spacial score (nSPS) is 14.8. The molecule has 0 heterocycles. The van der Waals surface area contributed by atoms with Crippen molar-refractivity contribution in [3.63, 3.8) is 0 Å². The molecule has 0 saturated carbocycles. The summed E-state index contributed by atoms with van der Waals surface area (Å²) in [7, 11) is 0. The van der Waals surface area contributed by atoms with E-state index in [9.17, 15) is 0 Å². The van der Waals surface area contributed by atoms with E-state index in [0.29, 0.717) is 6.61 Å². The number of nitrogens with zero attached hydrogens (tertiary/aromatic N) is 2. The van der Waals surface area contributed by atoms with E-state index in [-0.39, 0.29) is 18.4 Å². The molecule has 0 aliphatic carbocycles. The summed E-state index contributed by atoms with van der Waals surface area (Å²) in [5.41, 5.74) is 0. The Bertz CT molecular complexity index is 296. The Kier molecular flexibility index (Phi) is 10.7. The maximum absolute atomic E-state index is 8.60. The Morgan fingerprint density at radius 1 is 1.05 bits per heavy atom. The maximum atomic E-state index is 8.60. The number of nitriles is 2. The maximum Gasteiger partial charge on any atom is 0.286 e. The number of unbranched alkanes of at least 4 members (excludes halogenated alkanes) is 2. The molecular weight excluding hydrogens is 244 g/mol. The first-order valence-corrected chi connectivity index (χ1v) is 6.80. The Balaban J connectivity index is 4.01. The van der Waals surface area contributed by atoms with Crippen molar-refractivity contribution in [2.24, 2.45) is 11.8 Å². The van der Waals surface area contributed by atoms with Crippen LogP contribution >= 0.6 is 0 Å². The van der Waals surface area contributed by atoms with Gasteiger partial charge in [-0.25, -0.2) is 0 Å². The fourth-order valence-electron chi connectivity index (χ4n) is 1.72. The van der Waals surface area contributed by atoms with Crippen LogP contribution in [-0.4, -0.2) is 25.9 Å². The highest BCUT2D eigenvalue weighted by molar-refractivity contribution is 4.75. The molecular formula is C14H24N2O3. The second-order valence-electron chi connectivity index (χ2n) is 4.77. The summed E-state index contributed by atoms with van der Waals surface area (Å²) in [4.78, 5) is 0. The van der Waals surface area contributed by atoms with E-state index in [2.05, 4.69) is 11.7 Å². The zero-order valence-corrected chi connectivity index (χ0v) is 12.1. The summed E-state index contributed by atoms with van der Waals surface area (Å²) in [5.74, 6) is 0.321. The fraction of sp³-hybridized carbons (Fsp3) is 0.857. The van der Waals surface area contributed by atoms with Crippen molar-refractivity contribution < 1.29 is 14.2 Å². The SMILES string of the molecule is CCCCCOCC(C)C(C)C(COC#N)OC#N. The highest BCUT2D eigenvalue weighted by Gasteiger charge is 2.25. The van der Waals surface area contributed by atoms with E-state index in [1.54, 1.807) is 12.5 Å². The topological polar surface area (TPSA) is 75.3 Å².